The largest absolute Gasteiger partial charge is 0.477 e. The van der Waals surface area contributed by atoms with Crippen molar-refractivity contribution in [3.8, 4) is 11.5 Å². The van der Waals surface area contributed by atoms with E-state index in [9.17, 15) is 4.79 Å². The maximum atomic E-state index is 10.9. The average Bonchev–Trinajstić information content (AvgIpc) is 3.26. The van der Waals surface area contributed by atoms with Crippen molar-refractivity contribution in [1.82, 2.24) is 10.7 Å². The second-order valence-electron chi connectivity index (χ2n) is 5.15. The highest BCUT2D eigenvalue weighted by Gasteiger charge is 2.13. The fourth-order valence-corrected chi connectivity index (χ4v) is 3.02. The third-order valence-corrected chi connectivity index (χ3v) is 4.81. The van der Waals surface area contributed by atoms with E-state index in [4.69, 9.17) is 26.8 Å². The standard InChI is InChI=1S/C16H15N3O4S2/c1-9(13-4-5-14(25-13)15(20)21)18-19-16(24)17-7-10-2-3-11-12(6-10)23-8-22-11/h2-6H,7-8H2,1H3,(H,20,21)(H2,17,19,24)/b18-9-. The molecule has 0 radical (unpaired) electrons. The van der Waals surface area contributed by atoms with Crippen molar-refractivity contribution in [1.29, 1.82) is 0 Å². The van der Waals surface area contributed by atoms with Crippen LogP contribution in [0, 0.1) is 0 Å². The predicted octanol–water partition coefficient (Wildman–Crippen LogP) is 2.56. The van der Waals surface area contributed by atoms with Crippen molar-refractivity contribution in [3.05, 3.63) is 45.6 Å². The summed E-state index contributed by atoms with van der Waals surface area (Å²) in [5.74, 6) is 0.512. The first-order valence-corrected chi connectivity index (χ1v) is 8.55. The Morgan fingerprint density at radius 1 is 1.28 bits per heavy atom. The van der Waals surface area contributed by atoms with Crippen LogP contribution in [0.5, 0.6) is 11.5 Å². The number of nitrogens with one attached hydrogen (secondary N) is 2. The lowest BCUT2D eigenvalue weighted by molar-refractivity contribution is 0.0702. The van der Waals surface area contributed by atoms with Crippen molar-refractivity contribution >= 4 is 40.3 Å². The number of hydrogen-bond donors (Lipinski definition) is 3. The lowest BCUT2D eigenvalue weighted by Gasteiger charge is -2.08. The van der Waals surface area contributed by atoms with E-state index in [0.29, 0.717) is 17.4 Å². The van der Waals surface area contributed by atoms with Gasteiger partial charge in [0.1, 0.15) is 4.88 Å². The van der Waals surface area contributed by atoms with Gasteiger partial charge in [-0.2, -0.15) is 5.10 Å². The van der Waals surface area contributed by atoms with Crippen molar-refractivity contribution < 1.29 is 19.4 Å². The molecule has 0 fully saturated rings. The van der Waals surface area contributed by atoms with Crippen molar-refractivity contribution in [2.75, 3.05) is 6.79 Å². The van der Waals surface area contributed by atoms with Crippen molar-refractivity contribution in [3.63, 3.8) is 0 Å². The maximum Gasteiger partial charge on any atom is 0.345 e. The van der Waals surface area contributed by atoms with Gasteiger partial charge in [0.25, 0.3) is 0 Å². The van der Waals surface area contributed by atoms with Gasteiger partial charge in [0.05, 0.1) is 10.6 Å². The van der Waals surface area contributed by atoms with Gasteiger partial charge < -0.3 is 19.9 Å². The van der Waals surface area contributed by atoms with E-state index in [0.717, 1.165) is 33.3 Å². The van der Waals surface area contributed by atoms with Crippen LogP contribution in [0.25, 0.3) is 0 Å². The van der Waals surface area contributed by atoms with Crippen molar-refractivity contribution in [2.24, 2.45) is 5.10 Å². The smallest absolute Gasteiger partial charge is 0.345 e. The fraction of sp³-hybridized carbons (Fsp3) is 0.188. The Labute approximate surface area is 153 Å². The topological polar surface area (TPSA) is 92.2 Å². The first-order chi connectivity index (χ1) is 12.0. The summed E-state index contributed by atoms with van der Waals surface area (Å²) in [7, 11) is 0. The third-order valence-electron chi connectivity index (χ3n) is 3.39. The highest BCUT2D eigenvalue weighted by Crippen LogP contribution is 2.32. The molecule has 1 aromatic heterocycles. The maximum absolute atomic E-state index is 10.9. The SMILES string of the molecule is C/C(=N/NC(=S)NCc1ccc2c(c1)OCO2)c1ccc(C(=O)O)s1. The van der Waals surface area contributed by atoms with E-state index in [1.807, 2.05) is 18.2 Å². The van der Waals surface area contributed by atoms with Crippen LogP contribution in [0.15, 0.2) is 35.4 Å². The van der Waals surface area contributed by atoms with Gasteiger partial charge in [-0.3, -0.25) is 5.43 Å². The van der Waals surface area contributed by atoms with Crippen molar-refractivity contribution in [2.45, 2.75) is 13.5 Å². The third kappa shape index (κ3) is 4.25. The highest BCUT2D eigenvalue weighted by molar-refractivity contribution is 7.80. The molecule has 3 N–H and O–H groups in total. The number of carboxylic acids is 1. The number of nitrogens with zero attached hydrogens (tertiary/aromatic N) is 1. The van der Waals surface area contributed by atoms with Gasteiger partial charge >= 0.3 is 5.97 Å². The van der Waals surface area contributed by atoms with E-state index in [2.05, 4.69) is 15.8 Å². The lowest BCUT2D eigenvalue weighted by Crippen LogP contribution is -2.32. The van der Waals surface area contributed by atoms with Crippen LogP contribution in [0.3, 0.4) is 0 Å². The van der Waals surface area contributed by atoms with Crippen LogP contribution >= 0.6 is 23.6 Å². The van der Waals surface area contributed by atoms with Gasteiger partial charge in [0.2, 0.25) is 6.79 Å². The molecule has 0 amide bonds. The van der Waals surface area contributed by atoms with Crippen LogP contribution in [0.2, 0.25) is 0 Å². The van der Waals surface area contributed by atoms with E-state index < -0.39 is 5.97 Å². The van der Waals surface area contributed by atoms with Crippen LogP contribution in [-0.4, -0.2) is 28.7 Å². The number of carboxylic acid groups (broad SMARTS) is 1. The van der Waals surface area contributed by atoms with Gasteiger partial charge in [-0.1, -0.05) is 6.07 Å². The van der Waals surface area contributed by atoms with E-state index >= 15 is 0 Å². The Balaban J connectivity index is 1.52. The van der Waals surface area contributed by atoms with Crippen LogP contribution in [0.1, 0.15) is 27.0 Å². The van der Waals surface area contributed by atoms with E-state index in [1.165, 1.54) is 0 Å². The number of hydrazone groups is 1. The summed E-state index contributed by atoms with van der Waals surface area (Å²) in [6.07, 6.45) is 0. The molecule has 2 aromatic rings. The molecule has 0 atom stereocenters. The monoisotopic (exact) mass is 377 g/mol. The molecule has 0 bridgehead atoms. The van der Waals surface area contributed by atoms with Crippen LogP contribution in [0.4, 0.5) is 0 Å². The first-order valence-electron chi connectivity index (χ1n) is 7.33. The summed E-state index contributed by atoms with van der Waals surface area (Å²) >= 11 is 6.35. The number of ether oxygens (including phenoxy) is 2. The molecule has 3 rings (SSSR count). The minimum Gasteiger partial charge on any atom is -0.477 e. The molecule has 0 unspecified atom stereocenters. The molecule has 7 nitrogen and oxygen atoms in total. The van der Waals surface area contributed by atoms with Crippen LogP contribution < -0.4 is 20.2 Å². The summed E-state index contributed by atoms with van der Waals surface area (Å²) in [6.45, 7) is 2.54. The molecule has 9 heteroatoms. The summed E-state index contributed by atoms with van der Waals surface area (Å²) < 4.78 is 10.6. The number of aromatic carboxylic acids is 1. The van der Waals surface area contributed by atoms with Gasteiger partial charge in [0.15, 0.2) is 16.6 Å². The number of carbonyl (C=O) groups is 1. The number of fused-ring (bicyclic) bond motifs is 1. The molecule has 0 aliphatic carbocycles. The lowest BCUT2D eigenvalue weighted by atomic mass is 10.2. The second kappa shape index (κ2) is 7.49. The Hall–Kier alpha value is -2.65. The molecular weight excluding hydrogens is 362 g/mol. The minimum atomic E-state index is -0.946. The van der Waals surface area contributed by atoms with E-state index in [1.54, 1.807) is 19.1 Å². The summed E-state index contributed by atoms with van der Waals surface area (Å²) in [6, 6.07) is 8.95. The Kier molecular flexibility index (Phi) is 5.15. The minimum absolute atomic E-state index is 0.243. The number of rotatable bonds is 5. The zero-order valence-electron chi connectivity index (χ0n) is 13.2. The number of thiophene rings is 1. The number of benzene rings is 1. The molecule has 25 heavy (non-hydrogen) atoms. The highest BCUT2D eigenvalue weighted by atomic mass is 32.1. The molecule has 1 aromatic carbocycles. The fourth-order valence-electron chi connectivity index (χ4n) is 2.11. The Bertz CT molecular complexity index is 848. The zero-order valence-corrected chi connectivity index (χ0v) is 14.9. The molecular formula is C16H15N3O4S2. The average molecular weight is 377 g/mol. The predicted molar refractivity (Wildman–Crippen MR) is 98.6 cm³/mol. The quantitative estimate of drug-likeness (QED) is 0.419. The Morgan fingerprint density at radius 3 is 2.80 bits per heavy atom. The van der Waals surface area contributed by atoms with Gasteiger partial charge in [-0.15, -0.1) is 11.3 Å². The normalized spacial score (nSPS) is 12.8. The van der Waals surface area contributed by atoms with Crippen LogP contribution in [-0.2, 0) is 6.54 Å². The summed E-state index contributed by atoms with van der Waals surface area (Å²) in [4.78, 5) is 11.9. The molecule has 0 saturated carbocycles. The molecule has 130 valence electrons. The van der Waals surface area contributed by atoms with Gasteiger partial charge in [0, 0.05) is 6.54 Å². The first kappa shape index (κ1) is 17.2. The van der Waals surface area contributed by atoms with E-state index in [-0.39, 0.29) is 11.7 Å². The molecule has 1 aliphatic heterocycles. The number of thiocarbonyl (C=S) groups is 1. The second-order valence-corrected chi connectivity index (χ2v) is 6.64. The Morgan fingerprint density at radius 2 is 2.04 bits per heavy atom. The molecule has 1 aliphatic rings. The summed E-state index contributed by atoms with van der Waals surface area (Å²) in [5, 5.41) is 16.5. The molecule has 2 heterocycles. The van der Waals surface area contributed by atoms with Gasteiger partial charge in [-0.05, 0) is 49.0 Å². The number of hydrogen-bond acceptors (Lipinski definition) is 6. The zero-order chi connectivity index (χ0) is 17.8. The summed E-state index contributed by atoms with van der Waals surface area (Å²) in [5.41, 5.74) is 4.41. The molecule has 0 spiro atoms. The van der Waals surface area contributed by atoms with Gasteiger partial charge in [-0.25, -0.2) is 4.79 Å². The molecule has 0 saturated heterocycles.